The molecule has 1 fully saturated rings. The fraction of sp³-hybridized carbons (Fsp3) is 0.571. The van der Waals surface area contributed by atoms with E-state index in [4.69, 9.17) is 9.47 Å². The number of aliphatic imine (C=N–C) groups is 1. The third-order valence-electron chi connectivity index (χ3n) is 5.05. The zero-order valence-electron chi connectivity index (χ0n) is 17.6. The summed E-state index contributed by atoms with van der Waals surface area (Å²) in [4.78, 5) is 4.32. The Bertz CT molecular complexity index is 798. The molecule has 1 aliphatic heterocycles. The molecule has 0 saturated carbocycles. The molecule has 8 nitrogen and oxygen atoms in total. The van der Waals surface area contributed by atoms with Crippen LogP contribution in [0.3, 0.4) is 0 Å². The average Bonchev–Trinajstić information content (AvgIpc) is 3.41. The van der Waals surface area contributed by atoms with Gasteiger partial charge in [0.1, 0.15) is 17.9 Å². The third-order valence-corrected chi connectivity index (χ3v) is 5.05. The molecule has 1 atom stereocenters. The van der Waals surface area contributed by atoms with Crippen LogP contribution in [0.15, 0.2) is 29.5 Å². The van der Waals surface area contributed by atoms with Crippen LogP contribution in [0.1, 0.15) is 30.3 Å². The standard InChI is InChI=1S/C21H32N6O2/c1-4-20-26-25-15-27(20)9-8-23-21(22-3)24-12-18-6-5-16(2)11-19(18)29-14-17-7-10-28-13-17/h5-6,11,15,17H,4,7-10,12-14H2,1-3H3,(H2,22,23,24). The van der Waals surface area contributed by atoms with E-state index in [0.29, 0.717) is 19.1 Å². The van der Waals surface area contributed by atoms with Gasteiger partial charge in [0, 0.05) is 51.2 Å². The normalized spacial score (nSPS) is 16.8. The second-order valence-corrected chi connectivity index (χ2v) is 7.30. The number of aromatic nitrogens is 3. The molecule has 0 spiro atoms. The Hall–Kier alpha value is -2.61. The van der Waals surface area contributed by atoms with E-state index in [-0.39, 0.29) is 0 Å². The number of guanidine groups is 1. The summed E-state index contributed by atoms with van der Waals surface area (Å²) in [5.74, 6) is 3.16. The molecule has 1 aliphatic rings. The lowest BCUT2D eigenvalue weighted by Crippen LogP contribution is -2.38. The van der Waals surface area contributed by atoms with Crippen molar-refractivity contribution in [2.45, 2.75) is 39.8 Å². The maximum atomic E-state index is 6.13. The fourth-order valence-electron chi connectivity index (χ4n) is 3.30. The molecule has 0 aliphatic carbocycles. The van der Waals surface area contributed by atoms with Gasteiger partial charge in [-0.05, 0) is 25.0 Å². The molecule has 2 aromatic rings. The number of nitrogens with one attached hydrogen (secondary N) is 2. The van der Waals surface area contributed by atoms with Crippen molar-refractivity contribution in [3.05, 3.63) is 41.5 Å². The monoisotopic (exact) mass is 400 g/mol. The van der Waals surface area contributed by atoms with Crippen molar-refractivity contribution in [1.82, 2.24) is 25.4 Å². The summed E-state index contributed by atoms with van der Waals surface area (Å²) in [6.07, 6.45) is 3.71. The maximum Gasteiger partial charge on any atom is 0.191 e. The summed E-state index contributed by atoms with van der Waals surface area (Å²) in [6.45, 7) is 8.66. The van der Waals surface area contributed by atoms with Gasteiger partial charge >= 0.3 is 0 Å². The highest BCUT2D eigenvalue weighted by atomic mass is 16.5. The molecule has 2 N–H and O–H groups in total. The molecule has 158 valence electrons. The predicted molar refractivity (Wildman–Crippen MR) is 113 cm³/mol. The molecule has 2 heterocycles. The number of ether oxygens (including phenoxy) is 2. The molecule has 8 heteroatoms. The molecule has 1 aromatic heterocycles. The van der Waals surface area contributed by atoms with Gasteiger partial charge in [-0.15, -0.1) is 10.2 Å². The van der Waals surface area contributed by atoms with Gasteiger partial charge in [0.15, 0.2) is 5.96 Å². The van der Waals surface area contributed by atoms with Crippen LogP contribution in [-0.4, -0.2) is 54.1 Å². The van der Waals surface area contributed by atoms with Crippen LogP contribution in [0.5, 0.6) is 5.75 Å². The molecule has 0 amide bonds. The van der Waals surface area contributed by atoms with Crippen LogP contribution in [0.2, 0.25) is 0 Å². The summed E-state index contributed by atoms with van der Waals surface area (Å²) in [5.41, 5.74) is 2.30. The number of hydrogen-bond donors (Lipinski definition) is 2. The first-order chi connectivity index (χ1) is 14.2. The van der Waals surface area contributed by atoms with Crippen LogP contribution in [0.25, 0.3) is 0 Å². The van der Waals surface area contributed by atoms with Crippen LogP contribution < -0.4 is 15.4 Å². The predicted octanol–water partition coefficient (Wildman–Crippen LogP) is 1.93. The Morgan fingerprint density at radius 1 is 1.38 bits per heavy atom. The molecule has 0 bridgehead atoms. The van der Waals surface area contributed by atoms with Gasteiger partial charge in [0.25, 0.3) is 0 Å². The van der Waals surface area contributed by atoms with Crippen LogP contribution in [0, 0.1) is 12.8 Å². The second-order valence-electron chi connectivity index (χ2n) is 7.30. The first-order valence-electron chi connectivity index (χ1n) is 10.3. The van der Waals surface area contributed by atoms with E-state index in [0.717, 1.165) is 62.2 Å². The minimum Gasteiger partial charge on any atom is -0.493 e. The van der Waals surface area contributed by atoms with Gasteiger partial charge in [0.05, 0.1) is 13.2 Å². The zero-order chi connectivity index (χ0) is 20.5. The van der Waals surface area contributed by atoms with Crippen molar-refractivity contribution < 1.29 is 9.47 Å². The topological polar surface area (TPSA) is 85.6 Å². The van der Waals surface area contributed by atoms with Crippen molar-refractivity contribution in [1.29, 1.82) is 0 Å². The Kier molecular flexibility index (Phi) is 7.86. The molecule has 3 rings (SSSR count). The summed E-state index contributed by atoms with van der Waals surface area (Å²) in [6, 6.07) is 6.32. The number of benzene rings is 1. The van der Waals surface area contributed by atoms with Gasteiger partial charge < -0.3 is 24.7 Å². The lowest BCUT2D eigenvalue weighted by atomic mass is 10.1. The van der Waals surface area contributed by atoms with E-state index in [2.05, 4.69) is 62.4 Å². The van der Waals surface area contributed by atoms with Gasteiger partial charge in [-0.25, -0.2) is 0 Å². The molecule has 0 radical (unpaired) electrons. The molecule has 1 aromatic carbocycles. The van der Waals surface area contributed by atoms with Crippen molar-refractivity contribution in [2.24, 2.45) is 10.9 Å². The average molecular weight is 401 g/mol. The number of hydrogen-bond acceptors (Lipinski definition) is 5. The van der Waals surface area contributed by atoms with Crippen molar-refractivity contribution in [2.75, 3.05) is 33.4 Å². The van der Waals surface area contributed by atoms with Crippen molar-refractivity contribution >= 4 is 5.96 Å². The highest BCUT2D eigenvalue weighted by Crippen LogP contribution is 2.22. The first kappa shape index (κ1) is 21.1. The van der Waals surface area contributed by atoms with E-state index in [1.54, 1.807) is 13.4 Å². The Labute approximate surface area is 172 Å². The first-order valence-corrected chi connectivity index (χ1v) is 10.3. The minimum atomic E-state index is 0.483. The van der Waals surface area contributed by atoms with Gasteiger partial charge in [-0.1, -0.05) is 19.1 Å². The minimum absolute atomic E-state index is 0.483. The second kappa shape index (κ2) is 10.8. The van der Waals surface area contributed by atoms with Crippen LogP contribution in [-0.2, 0) is 24.2 Å². The highest BCUT2D eigenvalue weighted by Gasteiger charge is 2.17. The molecule has 1 saturated heterocycles. The zero-order valence-corrected chi connectivity index (χ0v) is 17.6. The smallest absolute Gasteiger partial charge is 0.191 e. The van der Waals surface area contributed by atoms with E-state index in [1.807, 2.05) is 0 Å². The quantitative estimate of drug-likeness (QED) is 0.494. The van der Waals surface area contributed by atoms with Crippen molar-refractivity contribution in [3.63, 3.8) is 0 Å². The lowest BCUT2D eigenvalue weighted by molar-refractivity contribution is 0.166. The summed E-state index contributed by atoms with van der Waals surface area (Å²) >= 11 is 0. The van der Waals surface area contributed by atoms with Gasteiger partial charge in [-0.3, -0.25) is 4.99 Å². The molecular weight excluding hydrogens is 368 g/mol. The Morgan fingerprint density at radius 2 is 2.28 bits per heavy atom. The molecule has 29 heavy (non-hydrogen) atoms. The van der Waals surface area contributed by atoms with E-state index in [9.17, 15) is 0 Å². The number of aryl methyl sites for hydroxylation is 2. The summed E-state index contributed by atoms with van der Waals surface area (Å²) < 4.78 is 13.6. The van der Waals surface area contributed by atoms with E-state index >= 15 is 0 Å². The summed E-state index contributed by atoms with van der Waals surface area (Å²) in [7, 11) is 1.78. The lowest BCUT2D eigenvalue weighted by Gasteiger charge is -2.17. The number of nitrogens with zero attached hydrogens (tertiary/aromatic N) is 4. The highest BCUT2D eigenvalue weighted by molar-refractivity contribution is 5.79. The number of rotatable bonds is 9. The summed E-state index contributed by atoms with van der Waals surface area (Å²) in [5, 5.41) is 14.8. The van der Waals surface area contributed by atoms with Crippen LogP contribution in [0.4, 0.5) is 0 Å². The van der Waals surface area contributed by atoms with Gasteiger partial charge in [-0.2, -0.15) is 0 Å². The Morgan fingerprint density at radius 3 is 3.03 bits per heavy atom. The van der Waals surface area contributed by atoms with Crippen molar-refractivity contribution in [3.8, 4) is 5.75 Å². The van der Waals surface area contributed by atoms with Gasteiger partial charge in [0.2, 0.25) is 0 Å². The SMILES string of the molecule is CCc1nncn1CCNC(=NC)NCc1ccc(C)cc1OCC1CCOC1. The fourth-order valence-corrected chi connectivity index (χ4v) is 3.30. The van der Waals surface area contributed by atoms with E-state index < -0.39 is 0 Å². The van der Waals surface area contributed by atoms with Crippen LogP contribution >= 0.6 is 0 Å². The largest absolute Gasteiger partial charge is 0.493 e. The maximum absolute atomic E-state index is 6.13. The van der Waals surface area contributed by atoms with E-state index in [1.165, 1.54) is 5.56 Å². The third kappa shape index (κ3) is 6.19. The molecular formula is C21H32N6O2. The Balaban J connectivity index is 1.50. The molecule has 1 unspecified atom stereocenters.